The van der Waals surface area contributed by atoms with Crippen molar-refractivity contribution >= 4 is 5.91 Å². The van der Waals surface area contributed by atoms with Crippen LogP contribution >= 0.6 is 0 Å². The Balaban J connectivity index is 2.26. The van der Waals surface area contributed by atoms with Gasteiger partial charge in [-0.05, 0) is 19.5 Å². The predicted octanol–water partition coefficient (Wildman–Crippen LogP) is -0.154. The highest BCUT2D eigenvalue weighted by Gasteiger charge is 2.15. The molecule has 1 unspecified atom stereocenters. The van der Waals surface area contributed by atoms with Crippen LogP contribution in [-0.4, -0.2) is 39.3 Å². The van der Waals surface area contributed by atoms with Gasteiger partial charge in [-0.1, -0.05) is 6.92 Å². The summed E-state index contributed by atoms with van der Waals surface area (Å²) in [6.45, 7) is 4.50. The molecule has 0 saturated heterocycles. The summed E-state index contributed by atoms with van der Waals surface area (Å²) in [5.41, 5.74) is 0. The van der Waals surface area contributed by atoms with Gasteiger partial charge in [0.25, 0.3) is 5.91 Å². The Kier molecular flexibility index (Phi) is 4.97. The van der Waals surface area contributed by atoms with Crippen LogP contribution in [0.2, 0.25) is 0 Å². The summed E-state index contributed by atoms with van der Waals surface area (Å²) in [6, 6.07) is 0. The van der Waals surface area contributed by atoms with Crippen LogP contribution in [0.1, 0.15) is 6.92 Å². The van der Waals surface area contributed by atoms with Crippen LogP contribution < -0.4 is 10.6 Å². The van der Waals surface area contributed by atoms with E-state index in [1.807, 2.05) is 7.05 Å². The van der Waals surface area contributed by atoms with E-state index in [-0.39, 0.29) is 11.7 Å². The molecule has 0 saturated carbocycles. The highest BCUT2D eigenvalue weighted by Crippen LogP contribution is 2.03. The number of rotatable bonds is 5. The van der Waals surface area contributed by atoms with E-state index >= 15 is 0 Å². The second kappa shape index (κ2) is 6.29. The van der Waals surface area contributed by atoms with E-state index in [0.29, 0.717) is 25.7 Å². The SMILES string of the molecule is CNCC(C)CNC(=O)C1=COCCO1. The predicted molar refractivity (Wildman–Crippen MR) is 56.1 cm³/mol. The molecule has 0 radical (unpaired) electrons. The minimum Gasteiger partial charge on any atom is -0.494 e. The maximum absolute atomic E-state index is 11.5. The molecule has 15 heavy (non-hydrogen) atoms. The maximum atomic E-state index is 11.5. The lowest BCUT2D eigenvalue weighted by molar-refractivity contribution is -0.122. The largest absolute Gasteiger partial charge is 0.494 e. The second-order valence-corrected chi connectivity index (χ2v) is 3.57. The molecule has 0 aliphatic carbocycles. The molecule has 5 nitrogen and oxygen atoms in total. The molecule has 5 heteroatoms. The smallest absolute Gasteiger partial charge is 0.289 e. The fraction of sp³-hybridized carbons (Fsp3) is 0.700. The molecular formula is C10H18N2O3. The van der Waals surface area contributed by atoms with Crippen molar-refractivity contribution in [2.45, 2.75) is 6.92 Å². The lowest BCUT2D eigenvalue weighted by Gasteiger charge is -2.16. The maximum Gasteiger partial charge on any atom is 0.289 e. The molecule has 86 valence electrons. The second-order valence-electron chi connectivity index (χ2n) is 3.57. The van der Waals surface area contributed by atoms with Crippen LogP contribution in [0.4, 0.5) is 0 Å². The van der Waals surface area contributed by atoms with Crippen molar-refractivity contribution in [3.05, 3.63) is 12.0 Å². The number of hydrogen-bond donors (Lipinski definition) is 2. The quantitative estimate of drug-likeness (QED) is 0.668. The van der Waals surface area contributed by atoms with E-state index in [9.17, 15) is 4.79 Å². The molecule has 1 atom stereocenters. The molecule has 0 spiro atoms. The van der Waals surface area contributed by atoms with Crippen LogP contribution in [0.3, 0.4) is 0 Å². The van der Waals surface area contributed by atoms with Gasteiger partial charge in [0, 0.05) is 6.54 Å². The first-order valence-electron chi connectivity index (χ1n) is 5.11. The zero-order chi connectivity index (χ0) is 11.1. The summed E-state index contributed by atoms with van der Waals surface area (Å²) < 4.78 is 10.1. The van der Waals surface area contributed by atoms with Gasteiger partial charge in [-0.3, -0.25) is 4.79 Å². The zero-order valence-corrected chi connectivity index (χ0v) is 9.21. The van der Waals surface area contributed by atoms with Gasteiger partial charge in [-0.25, -0.2) is 0 Å². The number of carbonyl (C=O) groups is 1. The van der Waals surface area contributed by atoms with Crippen molar-refractivity contribution in [2.24, 2.45) is 5.92 Å². The summed E-state index contributed by atoms with van der Waals surface area (Å²) in [5, 5.41) is 5.83. The molecule has 1 rings (SSSR count). The first kappa shape index (κ1) is 11.8. The fourth-order valence-corrected chi connectivity index (χ4v) is 1.26. The Hall–Kier alpha value is -1.23. The molecular weight excluding hydrogens is 196 g/mol. The van der Waals surface area contributed by atoms with Gasteiger partial charge in [-0.2, -0.15) is 0 Å². The van der Waals surface area contributed by atoms with Gasteiger partial charge >= 0.3 is 0 Å². The third kappa shape index (κ3) is 4.20. The Morgan fingerprint density at radius 2 is 2.33 bits per heavy atom. The van der Waals surface area contributed by atoms with Gasteiger partial charge in [0.05, 0.1) is 0 Å². The van der Waals surface area contributed by atoms with Crippen LogP contribution in [-0.2, 0) is 14.3 Å². The highest BCUT2D eigenvalue weighted by atomic mass is 16.6. The number of hydrogen-bond acceptors (Lipinski definition) is 4. The topological polar surface area (TPSA) is 59.6 Å². The average molecular weight is 214 g/mol. The van der Waals surface area contributed by atoms with E-state index in [2.05, 4.69) is 17.6 Å². The molecule has 1 heterocycles. The van der Waals surface area contributed by atoms with Crippen LogP contribution in [0.5, 0.6) is 0 Å². The number of carbonyl (C=O) groups excluding carboxylic acids is 1. The van der Waals surface area contributed by atoms with E-state index in [1.54, 1.807) is 0 Å². The minimum atomic E-state index is -0.211. The fourth-order valence-electron chi connectivity index (χ4n) is 1.26. The molecule has 0 aromatic heterocycles. The van der Waals surface area contributed by atoms with Crippen molar-refractivity contribution in [1.29, 1.82) is 0 Å². The van der Waals surface area contributed by atoms with Crippen molar-refractivity contribution in [3.8, 4) is 0 Å². The van der Waals surface area contributed by atoms with E-state index in [1.165, 1.54) is 6.26 Å². The monoisotopic (exact) mass is 214 g/mol. The molecule has 0 aromatic rings. The van der Waals surface area contributed by atoms with Crippen LogP contribution in [0, 0.1) is 5.92 Å². The third-order valence-corrected chi connectivity index (χ3v) is 2.04. The molecule has 0 fully saturated rings. The Morgan fingerprint density at radius 1 is 1.53 bits per heavy atom. The van der Waals surface area contributed by atoms with Gasteiger partial charge < -0.3 is 20.1 Å². The van der Waals surface area contributed by atoms with Crippen LogP contribution in [0.15, 0.2) is 12.0 Å². The zero-order valence-electron chi connectivity index (χ0n) is 9.21. The molecule has 1 aliphatic rings. The number of amides is 1. The minimum absolute atomic E-state index is 0.211. The average Bonchev–Trinajstić information content (AvgIpc) is 2.27. The highest BCUT2D eigenvalue weighted by molar-refractivity contribution is 5.91. The molecule has 1 aliphatic heterocycles. The van der Waals surface area contributed by atoms with E-state index in [4.69, 9.17) is 9.47 Å². The Labute approximate surface area is 89.8 Å². The molecule has 0 aromatic carbocycles. The van der Waals surface area contributed by atoms with Gasteiger partial charge in [0.15, 0.2) is 0 Å². The van der Waals surface area contributed by atoms with Crippen molar-refractivity contribution in [1.82, 2.24) is 10.6 Å². The normalized spacial score (nSPS) is 17.1. The summed E-state index contributed by atoms with van der Waals surface area (Å²) in [7, 11) is 1.89. The van der Waals surface area contributed by atoms with Crippen molar-refractivity contribution in [3.63, 3.8) is 0 Å². The summed E-state index contributed by atoms with van der Waals surface area (Å²) >= 11 is 0. The van der Waals surface area contributed by atoms with E-state index < -0.39 is 0 Å². The Bertz CT molecular complexity index is 241. The van der Waals surface area contributed by atoms with Gasteiger partial charge in [0.1, 0.15) is 19.5 Å². The summed E-state index contributed by atoms with van der Waals surface area (Å²) in [6.07, 6.45) is 1.36. The Morgan fingerprint density at radius 3 is 2.93 bits per heavy atom. The first-order valence-corrected chi connectivity index (χ1v) is 5.11. The number of ether oxygens (including phenoxy) is 2. The molecule has 0 bridgehead atoms. The lowest BCUT2D eigenvalue weighted by atomic mass is 10.2. The summed E-state index contributed by atoms with van der Waals surface area (Å²) in [4.78, 5) is 11.5. The van der Waals surface area contributed by atoms with E-state index in [0.717, 1.165) is 6.54 Å². The van der Waals surface area contributed by atoms with Gasteiger partial charge in [0.2, 0.25) is 5.76 Å². The van der Waals surface area contributed by atoms with Crippen LogP contribution in [0.25, 0.3) is 0 Å². The van der Waals surface area contributed by atoms with Crippen molar-refractivity contribution in [2.75, 3.05) is 33.4 Å². The first-order chi connectivity index (χ1) is 7.24. The summed E-state index contributed by atoms with van der Waals surface area (Å²) in [5.74, 6) is 0.444. The van der Waals surface area contributed by atoms with Gasteiger partial charge in [-0.15, -0.1) is 0 Å². The lowest BCUT2D eigenvalue weighted by Crippen LogP contribution is -2.34. The standard InChI is InChI=1S/C10H18N2O3/c1-8(5-11-2)6-12-10(13)9-7-14-3-4-15-9/h7-8,11H,3-6H2,1-2H3,(H,12,13). The third-order valence-electron chi connectivity index (χ3n) is 2.04. The van der Waals surface area contributed by atoms with Crippen molar-refractivity contribution < 1.29 is 14.3 Å². The number of nitrogens with one attached hydrogen (secondary N) is 2. The molecule has 2 N–H and O–H groups in total. The molecule has 1 amide bonds.